The highest BCUT2D eigenvalue weighted by Gasteiger charge is 2.07. The molecule has 0 nitrogen and oxygen atoms in total. The molecule has 160 valence electrons. The van der Waals surface area contributed by atoms with Gasteiger partial charge >= 0.3 is 0 Å². The number of hydrogen-bond acceptors (Lipinski definition) is 0. The fraction of sp³-hybridized carbons (Fsp3) is 0.0667. The topological polar surface area (TPSA) is 0 Å². The van der Waals surface area contributed by atoms with E-state index in [4.69, 9.17) is 0 Å². The summed E-state index contributed by atoms with van der Waals surface area (Å²) in [5.41, 5.74) is 3.44. The molecular formula is C30H19F3. The Kier molecular flexibility index (Phi) is 6.63. The maximum absolute atomic E-state index is 14.5. The monoisotopic (exact) mass is 436 g/mol. The van der Waals surface area contributed by atoms with E-state index in [2.05, 4.69) is 30.3 Å². The molecule has 0 spiro atoms. The summed E-state index contributed by atoms with van der Waals surface area (Å²) in [5.74, 6) is 9.44. The average molecular weight is 436 g/mol. The van der Waals surface area contributed by atoms with Crippen molar-refractivity contribution in [2.24, 2.45) is 0 Å². The summed E-state index contributed by atoms with van der Waals surface area (Å²) in [6.45, 7) is 3.73. The Morgan fingerprint density at radius 3 is 2.09 bits per heavy atom. The van der Waals surface area contributed by atoms with Crippen LogP contribution in [0.15, 0.2) is 85.5 Å². The molecule has 0 saturated carbocycles. The van der Waals surface area contributed by atoms with E-state index in [9.17, 15) is 13.2 Å². The molecule has 0 aliphatic rings. The number of benzene rings is 4. The molecule has 3 heteroatoms. The largest absolute Gasteiger partial charge is 0.206 e. The number of hydrogen-bond donors (Lipinski definition) is 0. The lowest BCUT2D eigenvalue weighted by Gasteiger charge is -2.01. The minimum Gasteiger partial charge on any atom is -0.206 e. The molecule has 4 aromatic rings. The van der Waals surface area contributed by atoms with Crippen molar-refractivity contribution >= 4 is 10.8 Å². The van der Waals surface area contributed by atoms with Crippen LogP contribution in [0.5, 0.6) is 0 Å². The second kappa shape index (κ2) is 9.94. The van der Waals surface area contributed by atoms with Gasteiger partial charge in [-0.25, -0.2) is 13.2 Å². The molecule has 0 aromatic heterocycles. The van der Waals surface area contributed by atoms with E-state index < -0.39 is 17.5 Å². The van der Waals surface area contributed by atoms with Gasteiger partial charge in [0, 0.05) is 22.1 Å². The first kappa shape index (κ1) is 22.0. The smallest absolute Gasteiger partial charge is 0.166 e. The zero-order valence-electron chi connectivity index (χ0n) is 17.8. The fourth-order valence-corrected chi connectivity index (χ4v) is 3.34. The summed E-state index contributed by atoms with van der Waals surface area (Å²) in [7, 11) is 0. The Bertz CT molecular complexity index is 1460. The van der Waals surface area contributed by atoms with E-state index in [1.54, 1.807) is 24.3 Å². The molecule has 0 saturated heterocycles. The lowest BCUT2D eigenvalue weighted by atomic mass is 10.1. The van der Waals surface area contributed by atoms with Crippen molar-refractivity contribution in [1.82, 2.24) is 0 Å². The summed E-state index contributed by atoms with van der Waals surface area (Å²) < 4.78 is 41.7. The van der Waals surface area contributed by atoms with Gasteiger partial charge in [0.25, 0.3) is 0 Å². The van der Waals surface area contributed by atoms with Gasteiger partial charge in [0.05, 0.1) is 5.56 Å². The number of rotatable bonds is 3. The highest BCUT2D eigenvalue weighted by molar-refractivity contribution is 5.84. The normalized spacial score (nSPS) is 10.2. The summed E-state index contributed by atoms with van der Waals surface area (Å²) in [4.78, 5) is 0. The summed E-state index contributed by atoms with van der Waals surface area (Å²) >= 11 is 0. The Balaban J connectivity index is 1.51. The van der Waals surface area contributed by atoms with Gasteiger partial charge in [0.15, 0.2) is 11.6 Å². The van der Waals surface area contributed by atoms with Crippen LogP contribution in [0.4, 0.5) is 13.2 Å². The molecule has 4 rings (SSSR count). The van der Waals surface area contributed by atoms with Gasteiger partial charge in [-0.2, -0.15) is 0 Å². The van der Waals surface area contributed by atoms with Crippen molar-refractivity contribution in [3.8, 4) is 23.7 Å². The fourth-order valence-electron chi connectivity index (χ4n) is 3.34. The Hall–Kier alpha value is -4.21. The van der Waals surface area contributed by atoms with Gasteiger partial charge in [-0.1, -0.05) is 54.0 Å². The van der Waals surface area contributed by atoms with Crippen LogP contribution in [-0.2, 0) is 6.42 Å². The second-order valence-electron chi connectivity index (χ2n) is 7.52. The van der Waals surface area contributed by atoms with Crippen molar-refractivity contribution in [1.29, 1.82) is 0 Å². The minimum absolute atomic E-state index is 0.182. The maximum Gasteiger partial charge on any atom is 0.166 e. The highest BCUT2D eigenvalue weighted by Crippen LogP contribution is 2.21. The molecule has 0 fully saturated rings. The van der Waals surface area contributed by atoms with Gasteiger partial charge in [0.2, 0.25) is 0 Å². The van der Waals surface area contributed by atoms with Crippen LogP contribution >= 0.6 is 0 Å². The molecule has 33 heavy (non-hydrogen) atoms. The Morgan fingerprint density at radius 2 is 1.33 bits per heavy atom. The van der Waals surface area contributed by atoms with Crippen LogP contribution in [0.2, 0.25) is 0 Å². The van der Waals surface area contributed by atoms with Crippen LogP contribution in [0.25, 0.3) is 10.8 Å². The summed E-state index contributed by atoms with van der Waals surface area (Å²) in [6, 6.07) is 19.9. The summed E-state index contributed by atoms with van der Waals surface area (Å²) in [5, 5.41) is 0.710. The van der Waals surface area contributed by atoms with Crippen molar-refractivity contribution in [3.05, 3.63) is 131 Å². The number of halogens is 3. The SMILES string of the molecule is C=CCCc1ccc(C#Cc2ccc(C#Cc3ccc4c(F)c(F)ccc4c3)c(F)c2)cc1. The molecule has 0 unspecified atom stereocenters. The lowest BCUT2D eigenvalue weighted by Crippen LogP contribution is -1.88. The zero-order chi connectivity index (χ0) is 23.2. The average Bonchev–Trinajstić information content (AvgIpc) is 2.84. The molecule has 0 N–H and O–H groups in total. The van der Waals surface area contributed by atoms with Gasteiger partial charge in [-0.15, -0.1) is 6.58 Å². The van der Waals surface area contributed by atoms with E-state index in [0.29, 0.717) is 16.5 Å². The number of aryl methyl sites for hydroxylation is 1. The van der Waals surface area contributed by atoms with Crippen molar-refractivity contribution in [2.75, 3.05) is 0 Å². The predicted octanol–water partition coefficient (Wildman–Crippen LogP) is 7.18. The van der Waals surface area contributed by atoms with Crippen LogP contribution in [0.1, 0.15) is 34.2 Å². The molecule has 0 aliphatic heterocycles. The second-order valence-corrected chi connectivity index (χ2v) is 7.52. The third kappa shape index (κ3) is 5.35. The first-order valence-corrected chi connectivity index (χ1v) is 10.4. The third-order valence-electron chi connectivity index (χ3n) is 5.16. The molecular weight excluding hydrogens is 417 g/mol. The molecule has 0 radical (unpaired) electrons. The summed E-state index contributed by atoms with van der Waals surface area (Å²) in [6.07, 6.45) is 3.76. The number of allylic oxidation sites excluding steroid dienone is 1. The van der Waals surface area contributed by atoms with E-state index in [1.807, 2.05) is 30.3 Å². The van der Waals surface area contributed by atoms with Crippen molar-refractivity contribution in [3.63, 3.8) is 0 Å². The molecule has 4 aromatic carbocycles. The van der Waals surface area contributed by atoms with Crippen LogP contribution in [0, 0.1) is 41.1 Å². The van der Waals surface area contributed by atoms with Crippen LogP contribution < -0.4 is 0 Å². The van der Waals surface area contributed by atoms with E-state index in [-0.39, 0.29) is 10.9 Å². The van der Waals surface area contributed by atoms with Crippen LogP contribution in [-0.4, -0.2) is 0 Å². The molecule has 0 heterocycles. The molecule has 0 amide bonds. The first-order chi connectivity index (χ1) is 16.0. The lowest BCUT2D eigenvalue weighted by molar-refractivity contribution is 0.517. The zero-order valence-corrected chi connectivity index (χ0v) is 17.8. The van der Waals surface area contributed by atoms with Gasteiger partial charge in [0.1, 0.15) is 5.82 Å². The Morgan fingerprint density at radius 1 is 0.667 bits per heavy atom. The van der Waals surface area contributed by atoms with E-state index in [1.165, 1.54) is 23.8 Å². The molecule has 0 aliphatic carbocycles. The van der Waals surface area contributed by atoms with Gasteiger partial charge < -0.3 is 0 Å². The van der Waals surface area contributed by atoms with Crippen LogP contribution in [0.3, 0.4) is 0 Å². The molecule has 0 atom stereocenters. The van der Waals surface area contributed by atoms with E-state index >= 15 is 0 Å². The van der Waals surface area contributed by atoms with Gasteiger partial charge in [-0.05, 0) is 72.3 Å². The Labute approximate surface area is 191 Å². The first-order valence-electron chi connectivity index (χ1n) is 10.4. The number of fused-ring (bicyclic) bond motifs is 1. The van der Waals surface area contributed by atoms with Crippen molar-refractivity contribution < 1.29 is 13.2 Å². The van der Waals surface area contributed by atoms with E-state index in [0.717, 1.165) is 24.5 Å². The van der Waals surface area contributed by atoms with Crippen molar-refractivity contribution in [2.45, 2.75) is 12.8 Å². The standard InChI is InChI=1S/C30H19F3/c1-2-3-4-21-5-7-22(8-6-21)9-10-24-12-15-25(29(32)20-24)14-11-23-13-17-27-26(19-23)16-18-28(31)30(27)33/h2,5-8,12-13,15-20H,1,3-4H2. The quantitative estimate of drug-likeness (QED) is 0.236. The predicted molar refractivity (Wildman–Crippen MR) is 127 cm³/mol. The minimum atomic E-state index is -0.896. The molecule has 0 bridgehead atoms. The maximum atomic E-state index is 14.5. The van der Waals surface area contributed by atoms with Gasteiger partial charge in [-0.3, -0.25) is 0 Å². The third-order valence-corrected chi connectivity index (χ3v) is 5.16. The highest BCUT2D eigenvalue weighted by atomic mass is 19.2.